The number of amides is 1. The highest BCUT2D eigenvalue weighted by molar-refractivity contribution is 9.10. The zero-order valence-electron chi connectivity index (χ0n) is 18.4. The number of carbonyl (C=O) groups is 2. The van der Waals surface area contributed by atoms with E-state index < -0.39 is 26.0 Å². The molecule has 0 saturated carbocycles. The van der Waals surface area contributed by atoms with Gasteiger partial charge in [-0.25, -0.2) is 9.59 Å². The van der Waals surface area contributed by atoms with Gasteiger partial charge in [-0.2, -0.15) is 0 Å². The number of nitrogens with one attached hydrogen (secondary N) is 1. The number of anilines is 1. The van der Waals surface area contributed by atoms with E-state index in [9.17, 15) is 14.7 Å². The summed E-state index contributed by atoms with van der Waals surface area (Å²) in [6.07, 6.45) is -0.677. The van der Waals surface area contributed by atoms with E-state index in [1.807, 2.05) is 0 Å². The maximum absolute atomic E-state index is 12.0. The lowest BCUT2D eigenvalue weighted by atomic mass is 10.2. The van der Waals surface area contributed by atoms with Crippen molar-refractivity contribution >= 4 is 42.0 Å². The number of hydrogen-bond acceptors (Lipinski definition) is 5. The van der Waals surface area contributed by atoms with E-state index in [1.165, 1.54) is 6.07 Å². The fraction of sp³-hybridized carbons (Fsp3) is 0.600. The lowest BCUT2D eigenvalue weighted by Gasteiger charge is -2.36. The molecule has 1 aromatic rings. The van der Waals surface area contributed by atoms with Crippen molar-refractivity contribution in [1.29, 1.82) is 0 Å². The molecule has 1 aromatic carbocycles. The number of ether oxygens (including phenoxy) is 2. The third-order valence-electron chi connectivity index (χ3n) is 4.52. The standard InChI is InChI=1S/C20H32BrNO6Si/c1-19(2,3)28-18(25)22-13-11-14(17(23)24)16(21)15(12-13)26-9-10-27-29(7,8)20(4,5)6/h11-12H,9-10H2,1-8H3,(H,22,25)(H,23,24). The molecule has 0 fully saturated rings. The molecule has 0 spiro atoms. The van der Waals surface area contributed by atoms with Crippen LogP contribution in [0.4, 0.5) is 10.5 Å². The molecule has 29 heavy (non-hydrogen) atoms. The fourth-order valence-electron chi connectivity index (χ4n) is 2.02. The molecule has 7 nitrogen and oxygen atoms in total. The smallest absolute Gasteiger partial charge is 0.412 e. The van der Waals surface area contributed by atoms with E-state index in [2.05, 4.69) is 55.1 Å². The van der Waals surface area contributed by atoms with Crippen LogP contribution in [0.15, 0.2) is 16.6 Å². The number of halogens is 1. The Morgan fingerprint density at radius 2 is 1.69 bits per heavy atom. The minimum Gasteiger partial charge on any atom is -0.490 e. The molecular formula is C20H32BrNO6Si. The van der Waals surface area contributed by atoms with E-state index >= 15 is 0 Å². The van der Waals surface area contributed by atoms with Crippen molar-refractivity contribution in [3.63, 3.8) is 0 Å². The van der Waals surface area contributed by atoms with Crippen LogP contribution in [-0.2, 0) is 9.16 Å². The Labute approximate surface area is 182 Å². The second-order valence-corrected chi connectivity index (χ2v) is 14.8. The van der Waals surface area contributed by atoms with Crippen LogP contribution in [0.3, 0.4) is 0 Å². The van der Waals surface area contributed by atoms with E-state index in [-0.39, 0.29) is 22.9 Å². The summed E-state index contributed by atoms with van der Waals surface area (Å²) in [4.78, 5) is 23.6. The lowest BCUT2D eigenvalue weighted by Crippen LogP contribution is -2.41. The summed E-state index contributed by atoms with van der Waals surface area (Å²) < 4.78 is 17.3. The first kappa shape index (κ1) is 25.5. The Hall–Kier alpha value is -1.58. The molecule has 0 aliphatic carbocycles. The minimum absolute atomic E-state index is 0.0288. The van der Waals surface area contributed by atoms with Crippen LogP contribution in [0.5, 0.6) is 5.75 Å². The van der Waals surface area contributed by atoms with Gasteiger partial charge in [0.05, 0.1) is 16.6 Å². The average molecular weight is 490 g/mol. The molecular weight excluding hydrogens is 458 g/mol. The monoisotopic (exact) mass is 489 g/mol. The van der Waals surface area contributed by atoms with Crippen molar-refractivity contribution in [3.05, 3.63) is 22.2 Å². The van der Waals surface area contributed by atoms with Gasteiger partial charge in [0.2, 0.25) is 0 Å². The number of carboxylic acids is 1. The zero-order valence-corrected chi connectivity index (χ0v) is 21.0. The third-order valence-corrected chi connectivity index (χ3v) is 9.88. The van der Waals surface area contributed by atoms with E-state index in [1.54, 1.807) is 26.8 Å². The topological polar surface area (TPSA) is 94.1 Å². The van der Waals surface area contributed by atoms with Crippen LogP contribution in [0.1, 0.15) is 51.9 Å². The number of aromatic carboxylic acids is 1. The van der Waals surface area contributed by atoms with Gasteiger partial charge in [-0.15, -0.1) is 0 Å². The van der Waals surface area contributed by atoms with Crippen LogP contribution < -0.4 is 10.1 Å². The number of carboxylic acid groups (broad SMARTS) is 1. The third kappa shape index (κ3) is 7.98. The average Bonchev–Trinajstić information content (AvgIpc) is 2.50. The highest BCUT2D eigenvalue weighted by Gasteiger charge is 2.36. The van der Waals surface area contributed by atoms with Crippen molar-refractivity contribution in [3.8, 4) is 5.75 Å². The van der Waals surface area contributed by atoms with Crippen molar-refractivity contribution in [2.45, 2.75) is 65.3 Å². The second kappa shape index (κ2) is 9.49. The van der Waals surface area contributed by atoms with Crippen molar-refractivity contribution < 1.29 is 28.6 Å². The summed E-state index contributed by atoms with van der Waals surface area (Å²) >= 11 is 3.27. The largest absolute Gasteiger partial charge is 0.490 e. The summed E-state index contributed by atoms with van der Waals surface area (Å²) in [7, 11) is -1.90. The van der Waals surface area contributed by atoms with Crippen LogP contribution in [0, 0.1) is 0 Å². The Morgan fingerprint density at radius 1 is 1.10 bits per heavy atom. The molecule has 0 heterocycles. The number of hydrogen-bond donors (Lipinski definition) is 2. The van der Waals surface area contributed by atoms with Gasteiger partial charge in [0.1, 0.15) is 18.0 Å². The molecule has 0 aliphatic heterocycles. The maximum Gasteiger partial charge on any atom is 0.412 e. The van der Waals surface area contributed by atoms with Gasteiger partial charge in [-0.1, -0.05) is 20.8 Å². The Kier molecular flexibility index (Phi) is 8.33. The number of carbonyl (C=O) groups excluding carboxylic acids is 1. The Morgan fingerprint density at radius 3 is 2.17 bits per heavy atom. The Bertz CT molecular complexity index is 753. The molecule has 0 aliphatic rings. The van der Waals surface area contributed by atoms with Gasteiger partial charge in [0, 0.05) is 11.8 Å². The summed E-state index contributed by atoms with van der Waals surface area (Å²) in [6.45, 7) is 16.6. The van der Waals surface area contributed by atoms with E-state index in [4.69, 9.17) is 13.9 Å². The quantitative estimate of drug-likeness (QED) is 0.365. The van der Waals surface area contributed by atoms with Gasteiger partial charge >= 0.3 is 12.1 Å². The van der Waals surface area contributed by atoms with Gasteiger partial charge in [0.15, 0.2) is 8.32 Å². The van der Waals surface area contributed by atoms with Gasteiger partial charge in [0.25, 0.3) is 0 Å². The Balaban J connectivity index is 2.92. The van der Waals surface area contributed by atoms with Crippen LogP contribution in [0.2, 0.25) is 18.1 Å². The van der Waals surface area contributed by atoms with Gasteiger partial charge in [-0.05, 0) is 60.9 Å². The fourth-order valence-corrected chi connectivity index (χ4v) is 3.56. The summed E-state index contributed by atoms with van der Waals surface area (Å²) in [5, 5.41) is 12.1. The normalized spacial score (nSPS) is 12.4. The first-order valence-electron chi connectivity index (χ1n) is 9.37. The number of benzene rings is 1. The van der Waals surface area contributed by atoms with Crippen molar-refractivity contribution in [2.24, 2.45) is 0 Å². The molecule has 0 aromatic heterocycles. The van der Waals surface area contributed by atoms with Crippen LogP contribution >= 0.6 is 15.9 Å². The first-order chi connectivity index (χ1) is 13.0. The summed E-state index contributed by atoms with van der Waals surface area (Å²) in [6, 6.07) is 2.89. The molecule has 1 amide bonds. The van der Waals surface area contributed by atoms with Crippen molar-refractivity contribution in [1.82, 2.24) is 0 Å². The van der Waals surface area contributed by atoms with Gasteiger partial charge < -0.3 is 19.0 Å². The highest BCUT2D eigenvalue weighted by Crippen LogP contribution is 2.37. The van der Waals surface area contributed by atoms with Crippen LogP contribution in [-0.4, -0.2) is 44.3 Å². The highest BCUT2D eigenvalue weighted by atomic mass is 79.9. The second-order valence-electron chi connectivity index (χ2n) is 9.23. The summed E-state index contributed by atoms with van der Waals surface area (Å²) in [5.41, 5.74) is -0.436. The van der Waals surface area contributed by atoms with E-state index in [0.717, 1.165) is 0 Å². The minimum atomic E-state index is -1.90. The predicted molar refractivity (Wildman–Crippen MR) is 120 cm³/mol. The van der Waals surface area contributed by atoms with Gasteiger partial charge in [-0.3, -0.25) is 5.32 Å². The zero-order chi connectivity index (χ0) is 22.6. The molecule has 1 rings (SSSR count). The first-order valence-corrected chi connectivity index (χ1v) is 13.1. The van der Waals surface area contributed by atoms with E-state index in [0.29, 0.717) is 16.8 Å². The molecule has 2 N–H and O–H groups in total. The maximum atomic E-state index is 12.0. The molecule has 0 radical (unpaired) electrons. The molecule has 0 saturated heterocycles. The molecule has 164 valence electrons. The van der Waals surface area contributed by atoms with Crippen LogP contribution in [0.25, 0.3) is 0 Å². The number of rotatable bonds is 7. The predicted octanol–water partition coefficient (Wildman–Crippen LogP) is 5.89. The molecule has 0 bridgehead atoms. The summed E-state index contributed by atoms with van der Waals surface area (Å²) in [5.74, 6) is -0.845. The molecule has 0 atom stereocenters. The van der Waals surface area contributed by atoms with Crippen molar-refractivity contribution in [2.75, 3.05) is 18.5 Å². The molecule has 0 unspecified atom stereocenters. The SMILES string of the molecule is CC(C)(C)OC(=O)Nc1cc(OCCO[Si](C)(C)C(C)(C)C)c(Br)c(C(=O)O)c1. The molecule has 9 heteroatoms. The lowest BCUT2D eigenvalue weighted by molar-refractivity contribution is 0.0632.